The monoisotopic (exact) mass is 383 g/mol. The van der Waals surface area contributed by atoms with Gasteiger partial charge in [-0.2, -0.15) is 0 Å². The van der Waals surface area contributed by atoms with E-state index in [0.717, 1.165) is 6.42 Å². The Balaban J connectivity index is 1.68. The highest BCUT2D eigenvalue weighted by Crippen LogP contribution is 2.11. The molecule has 0 saturated heterocycles. The third-order valence-electron chi connectivity index (χ3n) is 3.95. The lowest BCUT2D eigenvalue weighted by Gasteiger charge is -2.14. The smallest absolute Gasteiger partial charge is 0.319 e. The minimum Gasteiger partial charge on any atom is -0.452 e. The molecule has 0 unspecified atom stereocenters. The number of amides is 3. The van der Waals surface area contributed by atoms with E-state index in [9.17, 15) is 14.4 Å². The van der Waals surface area contributed by atoms with Crippen LogP contribution >= 0.6 is 0 Å². The average molecular weight is 383 g/mol. The maximum atomic E-state index is 12.1. The van der Waals surface area contributed by atoms with Crippen molar-refractivity contribution in [1.82, 2.24) is 5.32 Å². The summed E-state index contributed by atoms with van der Waals surface area (Å²) in [5, 5.41) is 7.91. The van der Waals surface area contributed by atoms with Gasteiger partial charge >= 0.3 is 12.0 Å². The Bertz CT molecular complexity index is 791. The van der Waals surface area contributed by atoms with E-state index in [2.05, 4.69) is 22.9 Å². The van der Waals surface area contributed by atoms with Crippen LogP contribution in [0.1, 0.15) is 25.8 Å². The van der Waals surface area contributed by atoms with E-state index < -0.39 is 24.0 Å². The van der Waals surface area contributed by atoms with Crippen molar-refractivity contribution in [2.75, 3.05) is 17.2 Å². The number of nitrogens with one attached hydrogen (secondary N) is 3. The lowest BCUT2D eigenvalue weighted by atomic mass is 10.1. The highest BCUT2D eigenvalue weighted by Gasteiger charge is 2.18. The molecule has 1 atom stereocenters. The van der Waals surface area contributed by atoms with Gasteiger partial charge in [0.25, 0.3) is 5.91 Å². The maximum Gasteiger partial charge on any atom is 0.319 e. The number of hydrogen-bond acceptors (Lipinski definition) is 4. The largest absolute Gasteiger partial charge is 0.452 e. The maximum absolute atomic E-state index is 12.1. The Morgan fingerprint density at radius 1 is 0.929 bits per heavy atom. The number of anilines is 2. The number of esters is 1. The Morgan fingerprint density at radius 2 is 1.57 bits per heavy atom. The van der Waals surface area contributed by atoms with E-state index in [1.54, 1.807) is 36.4 Å². The number of rotatable bonds is 8. The van der Waals surface area contributed by atoms with Gasteiger partial charge in [0.15, 0.2) is 6.10 Å². The molecule has 0 bridgehead atoms. The molecule has 0 aliphatic heterocycles. The molecule has 7 nitrogen and oxygen atoms in total. The molecule has 2 aromatic carbocycles. The quantitative estimate of drug-likeness (QED) is 0.609. The van der Waals surface area contributed by atoms with Crippen LogP contribution < -0.4 is 16.0 Å². The molecule has 0 heterocycles. The van der Waals surface area contributed by atoms with Crippen molar-refractivity contribution >= 4 is 29.3 Å². The number of benzene rings is 2. The molecule has 2 rings (SSSR count). The van der Waals surface area contributed by atoms with Crippen molar-refractivity contribution in [1.29, 1.82) is 0 Å². The summed E-state index contributed by atoms with van der Waals surface area (Å²) in [6, 6.07) is 16.0. The van der Waals surface area contributed by atoms with Crippen LogP contribution in [0.15, 0.2) is 54.6 Å². The molecule has 0 spiro atoms. The summed E-state index contributed by atoms with van der Waals surface area (Å²) < 4.78 is 5.11. The van der Waals surface area contributed by atoms with Gasteiger partial charge in [-0.25, -0.2) is 4.79 Å². The molecule has 0 aliphatic rings. The molecule has 3 amide bonds. The number of para-hydroxylation sites is 1. The number of urea groups is 1. The molecule has 0 fully saturated rings. The first kappa shape index (κ1) is 21.0. The van der Waals surface area contributed by atoms with E-state index in [-0.39, 0.29) is 13.0 Å². The number of hydrogen-bond donors (Lipinski definition) is 3. The fraction of sp³-hybridized carbons (Fsp3) is 0.286. The zero-order valence-electron chi connectivity index (χ0n) is 16.0. The summed E-state index contributed by atoms with van der Waals surface area (Å²) in [5.41, 5.74) is 2.46. The molecule has 28 heavy (non-hydrogen) atoms. The van der Waals surface area contributed by atoms with Crippen LogP contribution in [0.4, 0.5) is 16.2 Å². The number of carbonyl (C=O) groups excluding carboxylic acids is 3. The van der Waals surface area contributed by atoms with Gasteiger partial charge in [-0.15, -0.1) is 0 Å². The van der Waals surface area contributed by atoms with E-state index in [0.29, 0.717) is 11.4 Å². The first-order valence-electron chi connectivity index (χ1n) is 9.17. The molecule has 148 valence electrons. The summed E-state index contributed by atoms with van der Waals surface area (Å²) in [4.78, 5) is 35.7. The predicted octanol–water partition coefficient (Wildman–Crippen LogP) is 3.33. The fourth-order valence-electron chi connectivity index (χ4n) is 2.35. The minimum absolute atomic E-state index is 0.0367. The van der Waals surface area contributed by atoms with Gasteiger partial charge in [0, 0.05) is 17.9 Å². The predicted molar refractivity (Wildman–Crippen MR) is 108 cm³/mol. The van der Waals surface area contributed by atoms with Crippen LogP contribution in [0.3, 0.4) is 0 Å². The molecule has 3 N–H and O–H groups in total. The van der Waals surface area contributed by atoms with Gasteiger partial charge in [-0.05, 0) is 43.2 Å². The van der Waals surface area contributed by atoms with Gasteiger partial charge < -0.3 is 20.7 Å². The first-order chi connectivity index (χ1) is 13.5. The molecule has 0 aromatic heterocycles. The highest BCUT2D eigenvalue weighted by atomic mass is 16.5. The lowest BCUT2D eigenvalue weighted by Crippen LogP contribution is -2.33. The third-order valence-corrected chi connectivity index (χ3v) is 3.95. The molecule has 0 aliphatic carbocycles. The Hall–Kier alpha value is -3.35. The molecule has 7 heteroatoms. The van der Waals surface area contributed by atoms with Crippen molar-refractivity contribution in [3.63, 3.8) is 0 Å². The number of carbonyl (C=O) groups is 3. The van der Waals surface area contributed by atoms with Crippen LogP contribution in [-0.4, -0.2) is 30.6 Å². The molecule has 0 radical (unpaired) electrons. The fourth-order valence-corrected chi connectivity index (χ4v) is 2.35. The topological polar surface area (TPSA) is 96.5 Å². The third kappa shape index (κ3) is 7.11. The Morgan fingerprint density at radius 3 is 2.21 bits per heavy atom. The van der Waals surface area contributed by atoms with Gasteiger partial charge in [0.05, 0.1) is 6.42 Å². The van der Waals surface area contributed by atoms with Gasteiger partial charge in [-0.3, -0.25) is 9.59 Å². The van der Waals surface area contributed by atoms with E-state index in [1.165, 1.54) is 12.5 Å². The van der Waals surface area contributed by atoms with Crippen molar-refractivity contribution < 1.29 is 19.1 Å². The summed E-state index contributed by atoms with van der Waals surface area (Å²) in [6.07, 6.45) is -0.0542. The average Bonchev–Trinajstić information content (AvgIpc) is 2.69. The van der Waals surface area contributed by atoms with Gasteiger partial charge in [0.1, 0.15) is 0 Å². The zero-order chi connectivity index (χ0) is 20.4. The van der Waals surface area contributed by atoms with E-state index in [4.69, 9.17) is 4.74 Å². The standard InChI is InChI=1S/C21H25N3O4/c1-3-16-9-11-18(12-10-16)23-20(26)15(2)28-19(25)13-14-22-21(27)24-17-7-5-4-6-8-17/h4-12,15H,3,13-14H2,1-2H3,(H,23,26)(H2,22,24,27)/t15-/m1/s1. The molecule has 2 aromatic rings. The summed E-state index contributed by atoms with van der Waals surface area (Å²) in [6.45, 7) is 3.66. The van der Waals surface area contributed by atoms with Crippen molar-refractivity contribution in [2.45, 2.75) is 32.8 Å². The Labute approximate surface area is 164 Å². The number of aryl methyl sites for hydroxylation is 1. The summed E-state index contributed by atoms with van der Waals surface area (Å²) >= 11 is 0. The minimum atomic E-state index is -0.934. The zero-order valence-corrected chi connectivity index (χ0v) is 16.0. The molecular weight excluding hydrogens is 358 g/mol. The van der Waals surface area contributed by atoms with E-state index >= 15 is 0 Å². The molecular formula is C21H25N3O4. The first-order valence-corrected chi connectivity index (χ1v) is 9.17. The van der Waals surface area contributed by atoms with Gasteiger partial charge in [0.2, 0.25) is 0 Å². The summed E-state index contributed by atoms with van der Waals surface area (Å²) in [5.74, 6) is -0.976. The van der Waals surface area contributed by atoms with Crippen molar-refractivity contribution in [3.05, 3.63) is 60.2 Å². The van der Waals surface area contributed by atoms with Crippen LogP contribution in [-0.2, 0) is 20.7 Å². The second-order valence-corrected chi connectivity index (χ2v) is 6.17. The summed E-state index contributed by atoms with van der Waals surface area (Å²) in [7, 11) is 0. The van der Waals surface area contributed by atoms with E-state index in [1.807, 2.05) is 18.2 Å². The number of ether oxygens (including phenoxy) is 1. The van der Waals surface area contributed by atoms with Crippen molar-refractivity contribution in [2.24, 2.45) is 0 Å². The van der Waals surface area contributed by atoms with Crippen molar-refractivity contribution in [3.8, 4) is 0 Å². The normalized spacial score (nSPS) is 11.2. The van der Waals surface area contributed by atoms with Crippen LogP contribution in [0.25, 0.3) is 0 Å². The van der Waals surface area contributed by atoms with Gasteiger partial charge in [-0.1, -0.05) is 37.3 Å². The lowest BCUT2D eigenvalue weighted by molar-refractivity contribution is -0.153. The highest BCUT2D eigenvalue weighted by molar-refractivity contribution is 5.95. The SMILES string of the molecule is CCc1ccc(NC(=O)[C@@H](C)OC(=O)CCNC(=O)Nc2ccccc2)cc1. The van der Waals surface area contributed by atoms with Crippen LogP contribution in [0.2, 0.25) is 0 Å². The van der Waals surface area contributed by atoms with Crippen LogP contribution in [0, 0.1) is 0 Å². The van der Waals surface area contributed by atoms with Crippen LogP contribution in [0.5, 0.6) is 0 Å². The second-order valence-electron chi connectivity index (χ2n) is 6.17. The Kier molecular flexibility index (Phi) is 8.02. The molecule has 0 saturated carbocycles. The second kappa shape index (κ2) is 10.7.